The van der Waals surface area contributed by atoms with Crippen LogP contribution < -0.4 is 0 Å². The van der Waals surface area contributed by atoms with E-state index in [0.717, 1.165) is 43.6 Å². The van der Waals surface area contributed by atoms with Crippen molar-refractivity contribution < 1.29 is 29.7 Å². The van der Waals surface area contributed by atoms with Gasteiger partial charge in [-0.3, -0.25) is 19.9 Å². The Kier molecular flexibility index (Phi) is 12.6. The quantitative estimate of drug-likeness (QED) is 0.135. The molecule has 6 nitrogen and oxygen atoms in total. The molecular weight excluding hydrogens is 838 g/mol. The zero-order valence-corrected chi connectivity index (χ0v) is 34.7. The van der Waals surface area contributed by atoms with Gasteiger partial charge in [-0.25, -0.2) is 0 Å². The summed E-state index contributed by atoms with van der Waals surface area (Å²) < 4.78 is 0. The number of hydrogen-bond donors (Lipinski definition) is 2. The van der Waals surface area contributed by atoms with Crippen molar-refractivity contribution in [2.24, 2.45) is 0 Å². The van der Waals surface area contributed by atoms with Gasteiger partial charge in [-0.05, 0) is 68.8 Å². The van der Waals surface area contributed by atoms with Crippen molar-refractivity contribution in [3.63, 3.8) is 0 Å². The molecule has 0 bridgehead atoms. The predicted molar refractivity (Wildman–Crippen MR) is 246 cm³/mol. The van der Waals surface area contributed by atoms with Crippen LogP contribution in [-0.4, -0.2) is 42.4 Å². The molecule has 0 aliphatic heterocycles. The number of benzene rings is 6. The first-order valence-electron chi connectivity index (χ1n) is 19.9. The summed E-state index contributed by atoms with van der Waals surface area (Å²) in [6.45, 7) is 0. The molecule has 6 aromatic carbocycles. The normalized spacial score (nSPS) is 14.1. The molecule has 1 aliphatic rings. The summed E-state index contributed by atoms with van der Waals surface area (Å²) in [6.07, 6.45) is 12.6. The Hall–Kier alpha value is -7.02. The second-order valence-electron chi connectivity index (χ2n) is 14.4. The monoisotopic (exact) mass is 878 g/mol. The minimum atomic E-state index is -0.708. The van der Waals surface area contributed by atoms with Crippen LogP contribution in [0, 0.1) is 0 Å². The molecule has 0 radical (unpaired) electrons. The van der Waals surface area contributed by atoms with Crippen molar-refractivity contribution in [3.05, 3.63) is 219 Å². The van der Waals surface area contributed by atoms with E-state index < -0.39 is 12.2 Å². The van der Waals surface area contributed by atoms with Gasteiger partial charge >= 0.3 is 0 Å². The molecule has 0 fully saturated rings. The molecule has 7 heteroatoms. The van der Waals surface area contributed by atoms with Crippen LogP contribution in [0.15, 0.2) is 219 Å². The number of aromatic nitrogens is 4. The molecule has 2 unspecified atom stereocenters. The number of allylic oxidation sites excluding steroid dienone is 2. The second kappa shape index (κ2) is 18.9. The maximum atomic E-state index is 8.79. The Morgan fingerprint density at radius 3 is 0.738 bits per heavy atom. The molecule has 11 rings (SSSR count). The maximum Gasteiger partial charge on any atom is 0.102 e. The first-order chi connectivity index (χ1) is 29.6. The molecule has 4 aromatic heterocycles. The van der Waals surface area contributed by atoms with Gasteiger partial charge in [-0.2, -0.15) is 0 Å². The van der Waals surface area contributed by atoms with E-state index in [0.29, 0.717) is 0 Å². The minimum Gasteiger partial charge on any atom is -0.386 e. The number of rotatable bonds is 4. The van der Waals surface area contributed by atoms with Gasteiger partial charge in [0.25, 0.3) is 0 Å². The van der Waals surface area contributed by atoms with Gasteiger partial charge in [-0.15, -0.1) is 0 Å². The van der Waals surface area contributed by atoms with Crippen molar-refractivity contribution in [1.82, 2.24) is 19.9 Å². The van der Waals surface area contributed by atoms with Crippen LogP contribution in [0.1, 0.15) is 0 Å². The fourth-order valence-corrected chi connectivity index (χ4v) is 7.72. The van der Waals surface area contributed by atoms with Crippen molar-refractivity contribution in [1.29, 1.82) is 0 Å². The number of fused-ring (bicyclic) bond motifs is 6. The molecule has 1 aliphatic carbocycles. The van der Waals surface area contributed by atoms with Crippen LogP contribution in [0.4, 0.5) is 0 Å². The largest absolute Gasteiger partial charge is 0.386 e. The van der Waals surface area contributed by atoms with E-state index in [1.165, 1.54) is 44.5 Å². The third-order valence-electron chi connectivity index (χ3n) is 10.7. The maximum absolute atomic E-state index is 8.79. The average Bonchev–Trinajstić information content (AvgIpc) is 3.33. The molecule has 0 saturated heterocycles. The van der Waals surface area contributed by atoms with E-state index in [9.17, 15) is 0 Å². The third kappa shape index (κ3) is 8.68. The first-order valence-corrected chi connectivity index (χ1v) is 19.9. The molecule has 296 valence electrons. The molecule has 0 spiro atoms. The zero-order chi connectivity index (χ0) is 40.7. The van der Waals surface area contributed by atoms with Gasteiger partial charge in [0.15, 0.2) is 0 Å². The van der Waals surface area contributed by atoms with Gasteiger partial charge < -0.3 is 10.2 Å². The Bertz CT molecular complexity index is 2720. The molecular formula is C54H40N4O2Ru. The fourth-order valence-electron chi connectivity index (χ4n) is 7.72. The van der Waals surface area contributed by atoms with E-state index in [4.69, 9.17) is 10.2 Å². The van der Waals surface area contributed by atoms with E-state index in [2.05, 4.69) is 166 Å². The molecule has 0 saturated carbocycles. The summed E-state index contributed by atoms with van der Waals surface area (Å²) >= 11 is 0. The van der Waals surface area contributed by atoms with Gasteiger partial charge in [0, 0.05) is 65.8 Å². The Labute approximate surface area is 367 Å². The first kappa shape index (κ1) is 40.7. The average molecular weight is 878 g/mol. The van der Waals surface area contributed by atoms with E-state index in [1.54, 1.807) is 24.3 Å². The van der Waals surface area contributed by atoms with Crippen LogP contribution in [0.5, 0.6) is 0 Å². The predicted octanol–water partition coefficient (Wildman–Crippen LogP) is 12.1. The molecule has 2 atom stereocenters. The van der Waals surface area contributed by atoms with Crippen LogP contribution >= 0.6 is 0 Å². The SMILES string of the molecule is OC1C=CC=CC1O.[Ru].c1ccc(-c2ccnc3c2ccc2c(-c4ccccc4)ccnc23)cc1.c1ccc(-c2ccnc3c2ccc2c(-c4ccccc4)ccnc23)cc1. The standard InChI is InChI=1S/2C24H16N2.C6H8O2.Ru/c2*1-3-7-17(8-4-1)19-13-15-25-23-21(19)11-12-22-20(14-16-26-24(22)23)18-9-5-2-6-10-18;7-5-3-1-2-4-6(5)8;/h2*1-16H;1-8H;. The number of nitrogens with zero attached hydrogens (tertiary/aromatic N) is 4. The number of pyridine rings is 4. The van der Waals surface area contributed by atoms with Crippen molar-refractivity contribution in [3.8, 4) is 44.5 Å². The van der Waals surface area contributed by atoms with Gasteiger partial charge in [0.2, 0.25) is 0 Å². The van der Waals surface area contributed by atoms with Gasteiger partial charge in [-0.1, -0.05) is 170 Å². The third-order valence-corrected chi connectivity index (χ3v) is 10.7. The molecule has 4 heterocycles. The fraction of sp³-hybridized carbons (Fsp3) is 0.0370. The molecule has 0 amide bonds. The summed E-state index contributed by atoms with van der Waals surface area (Å²) in [6, 6.07) is 58.7. The molecule has 2 N–H and O–H groups in total. The van der Waals surface area contributed by atoms with Gasteiger partial charge in [0.05, 0.1) is 22.1 Å². The Morgan fingerprint density at radius 1 is 0.295 bits per heavy atom. The van der Waals surface area contributed by atoms with Crippen molar-refractivity contribution in [2.45, 2.75) is 12.2 Å². The van der Waals surface area contributed by atoms with E-state index in [-0.39, 0.29) is 19.5 Å². The Morgan fingerprint density at radius 2 is 0.525 bits per heavy atom. The summed E-state index contributed by atoms with van der Waals surface area (Å²) in [5.41, 5.74) is 13.3. The number of hydrogen-bond acceptors (Lipinski definition) is 6. The smallest absolute Gasteiger partial charge is 0.102 e. The van der Waals surface area contributed by atoms with Gasteiger partial charge in [0.1, 0.15) is 12.2 Å². The van der Waals surface area contributed by atoms with Crippen LogP contribution in [0.2, 0.25) is 0 Å². The molecule has 61 heavy (non-hydrogen) atoms. The van der Waals surface area contributed by atoms with Crippen molar-refractivity contribution in [2.75, 3.05) is 0 Å². The topological polar surface area (TPSA) is 92.0 Å². The zero-order valence-electron chi connectivity index (χ0n) is 33.0. The number of aliphatic hydroxyl groups is 2. The number of aliphatic hydroxyl groups excluding tert-OH is 2. The summed E-state index contributed by atoms with van der Waals surface area (Å²) in [7, 11) is 0. The summed E-state index contributed by atoms with van der Waals surface area (Å²) in [5.74, 6) is 0. The van der Waals surface area contributed by atoms with Crippen LogP contribution in [0.3, 0.4) is 0 Å². The minimum absolute atomic E-state index is 0. The Balaban J connectivity index is 0.000000141. The second-order valence-corrected chi connectivity index (χ2v) is 14.4. The van der Waals surface area contributed by atoms with Crippen molar-refractivity contribution >= 4 is 43.6 Å². The summed E-state index contributed by atoms with van der Waals surface area (Å²) in [5, 5.41) is 22.1. The van der Waals surface area contributed by atoms with E-state index >= 15 is 0 Å². The van der Waals surface area contributed by atoms with Crippen LogP contribution in [-0.2, 0) is 19.5 Å². The summed E-state index contributed by atoms with van der Waals surface area (Å²) in [4.78, 5) is 18.7. The van der Waals surface area contributed by atoms with E-state index in [1.807, 2.05) is 49.1 Å². The molecule has 10 aromatic rings. The van der Waals surface area contributed by atoms with Crippen LogP contribution in [0.25, 0.3) is 88.1 Å².